The highest BCUT2D eigenvalue weighted by Gasteiger charge is 2.23. The van der Waals surface area contributed by atoms with E-state index < -0.39 is 10.0 Å². The van der Waals surface area contributed by atoms with Crippen LogP contribution in [0.4, 0.5) is 0 Å². The van der Waals surface area contributed by atoms with Crippen molar-refractivity contribution in [1.29, 1.82) is 0 Å². The van der Waals surface area contributed by atoms with E-state index in [2.05, 4.69) is 5.32 Å². The molecule has 0 atom stereocenters. The largest absolute Gasteiger partial charge is 0.349 e. The molecular weight excluding hydrogens is 306 g/mol. The van der Waals surface area contributed by atoms with Gasteiger partial charge in [0.15, 0.2) is 0 Å². The molecule has 7 heteroatoms. The third-order valence-corrected chi connectivity index (χ3v) is 5.96. The van der Waals surface area contributed by atoms with Gasteiger partial charge in [0, 0.05) is 43.4 Å². The van der Waals surface area contributed by atoms with Crippen LogP contribution in [0.15, 0.2) is 34.7 Å². The number of rotatable bonds is 7. The molecule has 0 amide bonds. The van der Waals surface area contributed by atoms with Crippen molar-refractivity contribution in [2.75, 3.05) is 14.1 Å². The van der Waals surface area contributed by atoms with Crippen molar-refractivity contribution in [2.24, 2.45) is 0 Å². The summed E-state index contributed by atoms with van der Waals surface area (Å²) < 4.78 is 28.6. The summed E-state index contributed by atoms with van der Waals surface area (Å²) >= 11 is 1.56. The zero-order chi connectivity index (χ0) is 15.5. The molecule has 0 aliphatic heterocycles. The summed E-state index contributed by atoms with van der Waals surface area (Å²) in [4.78, 5) is 1.39. The highest BCUT2D eigenvalue weighted by molar-refractivity contribution is 7.89. The highest BCUT2D eigenvalue weighted by atomic mass is 32.2. The minimum Gasteiger partial charge on any atom is -0.349 e. The first kappa shape index (κ1) is 16.2. The molecule has 0 saturated heterocycles. The molecule has 0 aromatic carbocycles. The van der Waals surface area contributed by atoms with E-state index in [1.807, 2.05) is 36.1 Å². The van der Waals surface area contributed by atoms with Crippen LogP contribution in [-0.2, 0) is 29.7 Å². The van der Waals surface area contributed by atoms with Crippen molar-refractivity contribution < 1.29 is 8.42 Å². The summed E-state index contributed by atoms with van der Waals surface area (Å²) in [5, 5.41) is 5.01. The van der Waals surface area contributed by atoms with Gasteiger partial charge in [0.2, 0.25) is 10.0 Å². The van der Waals surface area contributed by atoms with Gasteiger partial charge in [0.25, 0.3) is 0 Å². The lowest BCUT2D eigenvalue weighted by Gasteiger charge is -2.15. The number of hydrogen-bond acceptors (Lipinski definition) is 4. The standard InChI is InChI=1S/C14H21N3O2S2/c1-4-17-11-14(8-12(17)9-15-2)21(18,19)16(3)10-13-6-5-7-20-13/h5-8,11,15H,4,9-10H2,1-3H3. The summed E-state index contributed by atoms with van der Waals surface area (Å²) in [5.74, 6) is 0. The monoisotopic (exact) mass is 327 g/mol. The summed E-state index contributed by atoms with van der Waals surface area (Å²) in [6.07, 6.45) is 1.72. The van der Waals surface area contributed by atoms with E-state index in [0.29, 0.717) is 18.0 Å². The van der Waals surface area contributed by atoms with E-state index in [4.69, 9.17) is 0 Å². The summed E-state index contributed by atoms with van der Waals surface area (Å²) in [5.41, 5.74) is 0.975. The molecule has 0 fully saturated rings. The van der Waals surface area contributed by atoms with Crippen molar-refractivity contribution >= 4 is 21.4 Å². The SMILES string of the molecule is CCn1cc(S(=O)(=O)N(C)Cc2cccs2)cc1CNC. The zero-order valence-corrected chi connectivity index (χ0v) is 14.2. The minimum atomic E-state index is -3.45. The lowest BCUT2D eigenvalue weighted by atomic mass is 10.4. The Hall–Kier alpha value is -1.15. The van der Waals surface area contributed by atoms with Crippen LogP contribution in [0.2, 0.25) is 0 Å². The Kier molecular flexibility index (Phi) is 5.21. The molecule has 21 heavy (non-hydrogen) atoms. The highest BCUT2D eigenvalue weighted by Crippen LogP contribution is 2.21. The summed E-state index contributed by atoms with van der Waals surface area (Å²) in [6.45, 7) is 3.81. The fraction of sp³-hybridized carbons (Fsp3) is 0.429. The normalized spacial score (nSPS) is 12.2. The third kappa shape index (κ3) is 3.55. The molecule has 2 rings (SSSR count). The van der Waals surface area contributed by atoms with E-state index in [1.54, 1.807) is 30.6 Å². The van der Waals surface area contributed by atoms with E-state index in [1.165, 1.54) is 4.31 Å². The van der Waals surface area contributed by atoms with Gasteiger partial charge < -0.3 is 9.88 Å². The summed E-state index contributed by atoms with van der Waals surface area (Å²) in [6, 6.07) is 5.62. The molecule has 1 N–H and O–H groups in total. The predicted octanol–water partition coefficient (Wildman–Crippen LogP) is 2.11. The Morgan fingerprint density at radius 3 is 2.76 bits per heavy atom. The van der Waals surface area contributed by atoms with Gasteiger partial charge in [-0.2, -0.15) is 4.31 Å². The first-order valence-electron chi connectivity index (χ1n) is 6.81. The molecular formula is C14H21N3O2S2. The molecule has 0 saturated carbocycles. The molecule has 2 aromatic rings. The quantitative estimate of drug-likeness (QED) is 0.847. The van der Waals surface area contributed by atoms with Crippen molar-refractivity contribution in [3.63, 3.8) is 0 Å². The molecule has 5 nitrogen and oxygen atoms in total. The molecule has 0 radical (unpaired) electrons. The van der Waals surface area contributed by atoms with Crippen molar-refractivity contribution in [1.82, 2.24) is 14.2 Å². The fourth-order valence-electron chi connectivity index (χ4n) is 2.18. The van der Waals surface area contributed by atoms with Crippen molar-refractivity contribution in [2.45, 2.75) is 31.5 Å². The van der Waals surface area contributed by atoms with E-state index >= 15 is 0 Å². The molecule has 116 valence electrons. The first-order chi connectivity index (χ1) is 9.98. The predicted molar refractivity (Wildman–Crippen MR) is 85.8 cm³/mol. The Bertz CT molecular complexity index is 675. The fourth-order valence-corrected chi connectivity index (χ4v) is 4.23. The summed E-state index contributed by atoms with van der Waals surface area (Å²) in [7, 11) is 0.0186. The van der Waals surface area contributed by atoms with Gasteiger partial charge in [0.1, 0.15) is 4.90 Å². The number of hydrogen-bond donors (Lipinski definition) is 1. The maximum atomic E-state index is 12.6. The molecule has 2 heterocycles. The Labute approximate surface area is 130 Å². The van der Waals surface area contributed by atoms with E-state index in [9.17, 15) is 8.42 Å². The molecule has 0 aliphatic carbocycles. The Morgan fingerprint density at radius 2 is 2.19 bits per heavy atom. The Balaban J connectivity index is 2.26. The number of aromatic nitrogens is 1. The van der Waals surface area contributed by atoms with Crippen LogP contribution in [-0.4, -0.2) is 31.4 Å². The number of sulfonamides is 1. The van der Waals surface area contributed by atoms with Gasteiger partial charge >= 0.3 is 0 Å². The van der Waals surface area contributed by atoms with Crippen LogP contribution in [0.5, 0.6) is 0 Å². The van der Waals surface area contributed by atoms with Crippen LogP contribution >= 0.6 is 11.3 Å². The second-order valence-corrected chi connectivity index (χ2v) is 7.90. The molecule has 0 spiro atoms. The van der Waals surface area contributed by atoms with Gasteiger partial charge in [-0.3, -0.25) is 0 Å². The third-order valence-electron chi connectivity index (χ3n) is 3.33. The second kappa shape index (κ2) is 6.74. The van der Waals surface area contributed by atoms with Crippen LogP contribution < -0.4 is 5.32 Å². The maximum absolute atomic E-state index is 12.6. The Morgan fingerprint density at radius 1 is 1.43 bits per heavy atom. The molecule has 0 bridgehead atoms. The topological polar surface area (TPSA) is 54.3 Å². The molecule has 2 aromatic heterocycles. The van der Waals surface area contributed by atoms with Crippen LogP contribution in [0.25, 0.3) is 0 Å². The van der Waals surface area contributed by atoms with Crippen LogP contribution in [0, 0.1) is 0 Å². The average molecular weight is 327 g/mol. The number of aryl methyl sites for hydroxylation is 1. The maximum Gasteiger partial charge on any atom is 0.244 e. The lowest BCUT2D eigenvalue weighted by molar-refractivity contribution is 0.469. The first-order valence-corrected chi connectivity index (χ1v) is 9.13. The number of nitrogens with one attached hydrogen (secondary N) is 1. The van der Waals surface area contributed by atoms with Crippen molar-refractivity contribution in [3.05, 3.63) is 40.3 Å². The van der Waals surface area contributed by atoms with E-state index in [0.717, 1.165) is 17.1 Å². The van der Waals surface area contributed by atoms with Crippen LogP contribution in [0.3, 0.4) is 0 Å². The van der Waals surface area contributed by atoms with Gasteiger partial charge in [-0.25, -0.2) is 8.42 Å². The van der Waals surface area contributed by atoms with Gasteiger partial charge in [-0.15, -0.1) is 11.3 Å². The molecule has 0 aliphatic rings. The number of nitrogens with zero attached hydrogens (tertiary/aromatic N) is 2. The minimum absolute atomic E-state index is 0.355. The second-order valence-electron chi connectivity index (χ2n) is 4.82. The lowest BCUT2D eigenvalue weighted by Crippen LogP contribution is -2.25. The van der Waals surface area contributed by atoms with Gasteiger partial charge in [-0.1, -0.05) is 6.07 Å². The van der Waals surface area contributed by atoms with Crippen LogP contribution in [0.1, 0.15) is 17.5 Å². The van der Waals surface area contributed by atoms with E-state index in [-0.39, 0.29) is 0 Å². The van der Waals surface area contributed by atoms with Crippen molar-refractivity contribution in [3.8, 4) is 0 Å². The van der Waals surface area contributed by atoms with Gasteiger partial charge in [-0.05, 0) is 31.5 Å². The van der Waals surface area contributed by atoms with Gasteiger partial charge in [0.05, 0.1) is 0 Å². The molecule has 0 unspecified atom stereocenters. The smallest absolute Gasteiger partial charge is 0.244 e. The zero-order valence-electron chi connectivity index (χ0n) is 12.5. The average Bonchev–Trinajstić information content (AvgIpc) is 3.08. The number of thiophene rings is 1.